The summed E-state index contributed by atoms with van der Waals surface area (Å²) in [5.41, 5.74) is 0.917. The highest BCUT2D eigenvalue weighted by Gasteiger charge is 2.29. The highest BCUT2D eigenvalue weighted by molar-refractivity contribution is 6.42. The van der Waals surface area contributed by atoms with Crippen LogP contribution in [0.1, 0.15) is 33.8 Å². The van der Waals surface area contributed by atoms with Crippen molar-refractivity contribution in [3.8, 4) is 0 Å². The van der Waals surface area contributed by atoms with Gasteiger partial charge in [0.25, 0.3) is 17.6 Å². The molecule has 0 bridgehead atoms. The van der Waals surface area contributed by atoms with Crippen molar-refractivity contribution in [3.63, 3.8) is 0 Å². The number of benzene rings is 1. The molecular formula is C22H20ClN3O4. The fraction of sp³-hybridized carbons (Fsp3) is 0.273. The van der Waals surface area contributed by atoms with Gasteiger partial charge in [0, 0.05) is 31.2 Å². The maximum absolute atomic E-state index is 12.6. The number of likely N-dealkylation sites (tertiary alicyclic amines) is 1. The topological polar surface area (TPSA) is 92.5 Å². The number of carbonyl (C=O) groups is 3. The van der Waals surface area contributed by atoms with E-state index in [1.807, 2.05) is 18.2 Å². The molecule has 3 aromatic rings. The molecule has 1 aliphatic heterocycles. The number of aromatic nitrogens is 1. The molecule has 0 unspecified atom stereocenters. The van der Waals surface area contributed by atoms with E-state index in [1.165, 1.54) is 6.20 Å². The lowest BCUT2D eigenvalue weighted by atomic mass is 9.96. The fourth-order valence-electron chi connectivity index (χ4n) is 3.57. The number of pyridine rings is 1. The Morgan fingerprint density at radius 2 is 1.90 bits per heavy atom. The molecule has 1 aromatic carbocycles. The first-order valence-electron chi connectivity index (χ1n) is 9.74. The van der Waals surface area contributed by atoms with E-state index in [1.54, 1.807) is 29.2 Å². The summed E-state index contributed by atoms with van der Waals surface area (Å²) in [7, 11) is 0. The van der Waals surface area contributed by atoms with Crippen LogP contribution in [0.3, 0.4) is 0 Å². The van der Waals surface area contributed by atoms with Crippen LogP contribution in [-0.2, 0) is 4.79 Å². The number of carbonyl (C=O) groups excluding carboxylic acids is 3. The lowest BCUT2D eigenvalue weighted by Gasteiger charge is -2.31. The van der Waals surface area contributed by atoms with Gasteiger partial charge in [0.05, 0.1) is 5.56 Å². The molecule has 1 aliphatic rings. The molecule has 30 heavy (non-hydrogen) atoms. The smallest absolute Gasteiger partial charge is 0.298 e. The van der Waals surface area contributed by atoms with Crippen molar-refractivity contribution in [2.75, 3.05) is 19.6 Å². The standard InChI is InChI=1S/C22H20ClN3O4/c23-20-16(5-3-9-24-20)21(28)25-13-14-7-10-26(11-8-14)22(29)19(27)18-12-15-4-1-2-6-17(15)30-18/h1-6,9,12,14H,7-8,10-11,13H2,(H,25,28). The van der Waals surface area contributed by atoms with Gasteiger partial charge in [-0.15, -0.1) is 0 Å². The summed E-state index contributed by atoms with van der Waals surface area (Å²) in [6, 6.07) is 12.1. The van der Waals surface area contributed by atoms with Crippen molar-refractivity contribution < 1.29 is 18.8 Å². The molecule has 0 atom stereocenters. The minimum Gasteiger partial charge on any atom is -0.452 e. The predicted molar refractivity (Wildman–Crippen MR) is 111 cm³/mol. The number of amides is 2. The minimum absolute atomic E-state index is 0.0592. The van der Waals surface area contributed by atoms with Crippen LogP contribution in [0.5, 0.6) is 0 Å². The van der Waals surface area contributed by atoms with Crippen LogP contribution >= 0.6 is 11.6 Å². The number of para-hydroxylation sites is 1. The second-order valence-corrected chi connectivity index (χ2v) is 7.62. The maximum Gasteiger partial charge on any atom is 0.298 e. The van der Waals surface area contributed by atoms with Crippen LogP contribution in [-0.4, -0.2) is 47.1 Å². The number of piperidine rings is 1. The molecule has 2 amide bonds. The van der Waals surface area contributed by atoms with E-state index in [4.69, 9.17) is 16.0 Å². The van der Waals surface area contributed by atoms with Gasteiger partial charge in [-0.3, -0.25) is 14.4 Å². The van der Waals surface area contributed by atoms with Gasteiger partial charge in [0.15, 0.2) is 5.76 Å². The second-order valence-electron chi connectivity index (χ2n) is 7.26. The van der Waals surface area contributed by atoms with Gasteiger partial charge in [0.2, 0.25) is 0 Å². The fourth-order valence-corrected chi connectivity index (χ4v) is 3.78. The largest absolute Gasteiger partial charge is 0.452 e. The first-order valence-corrected chi connectivity index (χ1v) is 10.1. The van der Waals surface area contributed by atoms with E-state index in [0.717, 1.165) is 5.39 Å². The molecule has 1 N–H and O–H groups in total. The third-order valence-corrected chi connectivity index (χ3v) is 5.60. The highest BCUT2D eigenvalue weighted by Crippen LogP contribution is 2.22. The molecule has 2 aromatic heterocycles. The summed E-state index contributed by atoms with van der Waals surface area (Å²) in [5, 5.41) is 3.82. The molecule has 1 fully saturated rings. The Morgan fingerprint density at radius 1 is 1.13 bits per heavy atom. The minimum atomic E-state index is -0.635. The molecule has 1 saturated heterocycles. The molecule has 0 spiro atoms. The Morgan fingerprint density at radius 3 is 2.63 bits per heavy atom. The van der Waals surface area contributed by atoms with Crippen molar-refractivity contribution in [2.45, 2.75) is 12.8 Å². The molecule has 0 saturated carbocycles. The molecule has 8 heteroatoms. The second kappa shape index (κ2) is 8.67. The van der Waals surface area contributed by atoms with Gasteiger partial charge in [-0.25, -0.2) is 4.98 Å². The number of ketones is 1. The zero-order valence-electron chi connectivity index (χ0n) is 16.1. The molecule has 154 valence electrons. The van der Waals surface area contributed by atoms with Gasteiger partial charge in [0.1, 0.15) is 10.7 Å². The van der Waals surface area contributed by atoms with Crippen LogP contribution in [0.2, 0.25) is 5.15 Å². The average molecular weight is 426 g/mol. The monoisotopic (exact) mass is 425 g/mol. The van der Waals surface area contributed by atoms with Crippen LogP contribution in [0.25, 0.3) is 11.0 Å². The quantitative estimate of drug-likeness (QED) is 0.384. The number of hydrogen-bond acceptors (Lipinski definition) is 5. The zero-order valence-corrected chi connectivity index (χ0v) is 16.9. The summed E-state index contributed by atoms with van der Waals surface area (Å²) in [6.07, 6.45) is 2.92. The third-order valence-electron chi connectivity index (χ3n) is 5.30. The number of nitrogens with one attached hydrogen (secondary N) is 1. The molecule has 0 aliphatic carbocycles. The van der Waals surface area contributed by atoms with Gasteiger partial charge in [-0.1, -0.05) is 29.8 Å². The number of rotatable bonds is 5. The van der Waals surface area contributed by atoms with E-state index < -0.39 is 11.7 Å². The summed E-state index contributed by atoms with van der Waals surface area (Å²) >= 11 is 5.94. The Hall–Kier alpha value is -3.19. The van der Waals surface area contributed by atoms with Crippen LogP contribution in [0.15, 0.2) is 53.1 Å². The number of nitrogens with zero attached hydrogens (tertiary/aromatic N) is 2. The summed E-state index contributed by atoms with van der Waals surface area (Å²) in [6.45, 7) is 1.39. The van der Waals surface area contributed by atoms with E-state index in [2.05, 4.69) is 10.3 Å². The zero-order chi connectivity index (χ0) is 21.1. The van der Waals surface area contributed by atoms with Crippen LogP contribution < -0.4 is 5.32 Å². The first-order chi connectivity index (χ1) is 14.5. The molecule has 0 radical (unpaired) electrons. The van der Waals surface area contributed by atoms with E-state index in [0.29, 0.717) is 43.6 Å². The number of fused-ring (bicyclic) bond motifs is 1. The molecular weight excluding hydrogens is 406 g/mol. The van der Waals surface area contributed by atoms with Crippen LogP contribution in [0.4, 0.5) is 0 Å². The summed E-state index contributed by atoms with van der Waals surface area (Å²) < 4.78 is 5.52. The summed E-state index contributed by atoms with van der Waals surface area (Å²) in [4.78, 5) is 42.8. The van der Waals surface area contributed by atoms with E-state index in [9.17, 15) is 14.4 Å². The average Bonchev–Trinajstić information content (AvgIpc) is 3.21. The SMILES string of the molecule is O=C(C(=O)N1CCC(CNC(=O)c2cccnc2Cl)CC1)c1cc2ccccc2o1. The molecule has 3 heterocycles. The van der Waals surface area contributed by atoms with Crippen molar-refractivity contribution in [1.29, 1.82) is 0 Å². The predicted octanol–water partition coefficient (Wildman–Crippen LogP) is 3.33. The molecule has 4 rings (SSSR count). The maximum atomic E-state index is 12.6. The lowest BCUT2D eigenvalue weighted by Crippen LogP contribution is -2.44. The van der Waals surface area contributed by atoms with Crippen molar-refractivity contribution in [3.05, 3.63) is 65.1 Å². The van der Waals surface area contributed by atoms with Crippen molar-refractivity contribution >= 4 is 40.2 Å². The van der Waals surface area contributed by atoms with Crippen molar-refractivity contribution in [2.24, 2.45) is 5.92 Å². The Balaban J connectivity index is 1.29. The highest BCUT2D eigenvalue weighted by atomic mass is 35.5. The molecule has 7 nitrogen and oxygen atoms in total. The Kier molecular flexibility index (Phi) is 5.81. The third kappa shape index (κ3) is 4.21. The number of Topliss-reactive ketones (excluding diaryl/α,β-unsaturated/α-hetero) is 1. The van der Waals surface area contributed by atoms with E-state index >= 15 is 0 Å². The van der Waals surface area contributed by atoms with Gasteiger partial charge >= 0.3 is 0 Å². The number of halogens is 1. The number of furan rings is 1. The first kappa shape index (κ1) is 20.1. The van der Waals surface area contributed by atoms with Crippen molar-refractivity contribution in [1.82, 2.24) is 15.2 Å². The van der Waals surface area contributed by atoms with E-state index in [-0.39, 0.29) is 22.7 Å². The normalized spacial score (nSPS) is 14.6. The Bertz CT molecular complexity index is 1070. The van der Waals surface area contributed by atoms with Gasteiger partial charge in [-0.2, -0.15) is 0 Å². The number of hydrogen-bond donors (Lipinski definition) is 1. The lowest BCUT2D eigenvalue weighted by molar-refractivity contribution is -0.127. The van der Waals surface area contributed by atoms with Crippen LogP contribution in [0, 0.1) is 5.92 Å². The Labute approximate surface area is 178 Å². The van der Waals surface area contributed by atoms with Gasteiger partial charge in [-0.05, 0) is 43.0 Å². The van der Waals surface area contributed by atoms with Gasteiger partial charge < -0.3 is 14.6 Å². The summed E-state index contributed by atoms with van der Waals surface area (Å²) in [5.74, 6) is -1.19.